The van der Waals surface area contributed by atoms with Gasteiger partial charge in [0.15, 0.2) is 18.0 Å². The average Bonchev–Trinajstić information content (AvgIpc) is 2.71. The van der Waals surface area contributed by atoms with Crippen LogP contribution in [0.2, 0.25) is 0 Å². The Morgan fingerprint density at radius 2 is 1.89 bits per heavy atom. The number of para-hydroxylation sites is 2. The minimum Gasteiger partial charge on any atom is -0.485 e. The Morgan fingerprint density at radius 3 is 2.61 bits per heavy atom. The summed E-state index contributed by atoms with van der Waals surface area (Å²) in [5.41, 5.74) is 0. The van der Waals surface area contributed by atoms with E-state index in [-0.39, 0.29) is 25.0 Å². The molecule has 1 atom stereocenters. The van der Waals surface area contributed by atoms with Crippen LogP contribution in [0.1, 0.15) is 13.3 Å². The van der Waals surface area contributed by atoms with E-state index >= 15 is 0 Å². The number of nitrogens with zero attached hydrogens (tertiary/aromatic N) is 1. The number of nitrogens with one attached hydrogen (secondary N) is 3. The molecule has 1 aromatic carbocycles. The molecule has 3 rings (SSSR count). The molecular weight excluding hydrogens is 364 g/mol. The van der Waals surface area contributed by atoms with E-state index in [4.69, 9.17) is 9.47 Å². The van der Waals surface area contributed by atoms with Crippen LogP contribution >= 0.6 is 0 Å². The van der Waals surface area contributed by atoms with Gasteiger partial charge in [-0.05, 0) is 18.6 Å². The number of imide groups is 1. The summed E-state index contributed by atoms with van der Waals surface area (Å²) in [5, 5.41) is 4.94. The van der Waals surface area contributed by atoms with Crippen LogP contribution in [0.25, 0.3) is 0 Å². The van der Waals surface area contributed by atoms with Crippen LogP contribution in [0.3, 0.4) is 0 Å². The number of urea groups is 1. The first-order valence-corrected chi connectivity index (χ1v) is 9.65. The SMILES string of the molecule is CCCNC(=O)NC(=O)C[NH+]1CCN(C(=O)[C@@H]2COc3ccccc3O2)CC1. The number of amides is 4. The van der Waals surface area contributed by atoms with Gasteiger partial charge in [-0.2, -0.15) is 0 Å². The molecule has 0 saturated carbocycles. The molecule has 0 bridgehead atoms. The maximum Gasteiger partial charge on any atom is 0.321 e. The van der Waals surface area contributed by atoms with Crippen LogP contribution in [-0.4, -0.2) is 74.7 Å². The molecule has 0 radical (unpaired) electrons. The smallest absolute Gasteiger partial charge is 0.321 e. The van der Waals surface area contributed by atoms with Gasteiger partial charge in [-0.1, -0.05) is 19.1 Å². The Hall–Kier alpha value is -2.81. The molecule has 152 valence electrons. The van der Waals surface area contributed by atoms with Gasteiger partial charge in [0.1, 0.15) is 6.61 Å². The molecule has 4 amide bonds. The summed E-state index contributed by atoms with van der Waals surface area (Å²) in [7, 11) is 0. The van der Waals surface area contributed by atoms with Crippen LogP contribution < -0.4 is 25.0 Å². The Labute approximate surface area is 163 Å². The van der Waals surface area contributed by atoms with E-state index in [1.165, 1.54) is 0 Å². The van der Waals surface area contributed by atoms with Crippen molar-refractivity contribution in [2.75, 3.05) is 45.9 Å². The van der Waals surface area contributed by atoms with E-state index < -0.39 is 12.1 Å². The lowest BCUT2D eigenvalue weighted by molar-refractivity contribution is -0.896. The minimum atomic E-state index is -0.651. The van der Waals surface area contributed by atoms with E-state index in [0.29, 0.717) is 44.2 Å². The highest BCUT2D eigenvalue weighted by Gasteiger charge is 2.34. The second-order valence-electron chi connectivity index (χ2n) is 6.92. The fraction of sp³-hybridized carbons (Fsp3) is 0.526. The first kappa shape index (κ1) is 19.9. The minimum absolute atomic E-state index is 0.100. The molecule has 1 saturated heterocycles. The molecule has 9 nitrogen and oxygen atoms in total. The number of hydrogen-bond donors (Lipinski definition) is 3. The van der Waals surface area contributed by atoms with Crippen LogP contribution in [0.5, 0.6) is 11.5 Å². The number of fused-ring (bicyclic) bond motifs is 1. The Bertz CT molecular complexity index is 718. The fourth-order valence-corrected chi connectivity index (χ4v) is 3.25. The van der Waals surface area contributed by atoms with E-state index in [0.717, 1.165) is 11.3 Å². The van der Waals surface area contributed by atoms with Crippen molar-refractivity contribution in [3.05, 3.63) is 24.3 Å². The lowest BCUT2D eigenvalue weighted by Gasteiger charge is -2.35. The van der Waals surface area contributed by atoms with Crippen LogP contribution in [0.4, 0.5) is 4.79 Å². The Balaban J connectivity index is 1.42. The Kier molecular flexibility index (Phi) is 6.70. The zero-order valence-electron chi connectivity index (χ0n) is 16.0. The maximum atomic E-state index is 12.7. The van der Waals surface area contributed by atoms with E-state index in [1.54, 1.807) is 11.0 Å². The third-order valence-electron chi connectivity index (χ3n) is 4.77. The van der Waals surface area contributed by atoms with Gasteiger partial charge in [-0.3, -0.25) is 14.9 Å². The highest BCUT2D eigenvalue weighted by atomic mass is 16.6. The van der Waals surface area contributed by atoms with Crippen molar-refractivity contribution >= 4 is 17.8 Å². The molecule has 9 heteroatoms. The molecule has 1 aromatic rings. The third kappa shape index (κ3) is 5.13. The number of piperazine rings is 1. The summed E-state index contributed by atoms with van der Waals surface area (Å²) in [6, 6.07) is 6.83. The summed E-state index contributed by atoms with van der Waals surface area (Å²) in [6.07, 6.45) is 0.159. The van der Waals surface area contributed by atoms with Gasteiger partial charge in [-0.25, -0.2) is 4.79 Å². The molecular formula is C19H27N4O5+. The first-order chi connectivity index (χ1) is 13.6. The number of ether oxygens (including phenoxy) is 2. The number of hydrogen-bond acceptors (Lipinski definition) is 5. The largest absolute Gasteiger partial charge is 0.485 e. The molecule has 1 fully saturated rings. The van der Waals surface area contributed by atoms with Crippen LogP contribution in [0, 0.1) is 0 Å². The van der Waals surface area contributed by atoms with Gasteiger partial charge in [0.2, 0.25) is 6.10 Å². The molecule has 0 unspecified atom stereocenters. The standard InChI is InChI=1S/C19H26N4O5/c1-2-7-20-19(26)21-17(24)12-22-8-10-23(11-9-22)18(25)16-13-27-14-5-3-4-6-15(14)28-16/h3-6,16H,2,7-13H2,1H3,(H2,20,21,24,26)/p+1/t16-/m0/s1. The summed E-state index contributed by atoms with van der Waals surface area (Å²) in [6.45, 7) is 5.21. The summed E-state index contributed by atoms with van der Waals surface area (Å²) < 4.78 is 11.4. The normalized spacial score (nSPS) is 19.0. The molecule has 2 aliphatic rings. The van der Waals surface area contributed by atoms with Gasteiger partial charge in [0.25, 0.3) is 11.8 Å². The molecule has 3 N–H and O–H groups in total. The molecule has 0 spiro atoms. The highest BCUT2D eigenvalue weighted by molar-refractivity contribution is 5.94. The Morgan fingerprint density at radius 1 is 1.18 bits per heavy atom. The van der Waals surface area contributed by atoms with Crippen molar-refractivity contribution < 1.29 is 28.8 Å². The number of benzene rings is 1. The topological polar surface area (TPSA) is 101 Å². The van der Waals surface area contributed by atoms with Crippen molar-refractivity contribution in [3.63, 3.8) is 0 Å². The third-order valence-corrected chi connectivity index (χ3v) is 4.77. The fourth-order valence-electron chi connectivity index (χ4n) is 3.25. The van der Waals surface area contributed by atoms with Crippen molar-refractivity contribution in [3.8, 4) is 11.5 Å². The van der Waals surface area contributed by atoms with Gasteiger partial charge in [0, 0.05) is 6.54 Å². The second kappa shape index (κ2) is 9.41. The van der Waals surface area contributed by atoms with Gasteiger partial charge < -0.3 is 24.6 Å². The average molecular weight is 391 g/mol. The number of carbonyl (C=O) groups excluding carboxylic acids is 3. The molecule has 0 aliphatic carbocycles. The number of carbonyl (C=O) groups is 3. The molecule has 0 aromatic heterocycles. The number of quaternary nitrogens is 1. The highest BCUT2D eigenvalue weighted by Crippen LogP contribution is 2.31. The van der Waals surface area contributed by atoms with Crippen molar-refractivity contribution in [1.29, 1.82) is 0 Å². The molecule has 2 heterocycles. The van der Waals surface area contributed by atoms with Gasteiger partial charge in [0.05, 0.1) is 26.2 Å². The second-order valence-corrected chi connectivity index (χ2v) is 6.92. The maximum absolute atomic E-state index is 12.7. The quantitative estimate of drug-likeness (QED) is 0.585. The lowest BCUT2D eigenvalue weighted by Crippen LogP contribution is -3.16. The van der Waals surface area contributed by atoms with E-state index in [1.807, 2.05) is 25.1 Å². The van der Waals surface area contributed by atoms with Crippen molar-refractivity contribution in [1.82, 2.24) is 15.5 Å². The first-order valence-electron chi connectivity index (χ1n) is 9.65. The van der Waals surface area contributed by atoms with Crippen LogP contribution in [-0.2, 0) is 9.59 Å². The van der Waals surface area contributed by atoms with Crippen molar-refractivity contribution in [2.45, 2.75) is 19.4 Å². The lowest BCUT2D eigenvalue weighted by atomic mass is 10.2. The van der Waals surface area contributed by atoms with E-state index in [2.05, 4.69) is 10.6 Å². The van der Waals surface area contributed by atoms with Gasteiger partial charge in [-0.15, -0.1) is 0 Å². The predicted molar refractivity (Wildman–Crippen MR) is 100 cm³/mol. The zero-order chi connectivity index (χ0) is 19.9. The monoisotopic (exact) mass is 391 g/mol. The van der Waals surface area contributed by atoms with E-state index in [9.17, 15) is 14.4 Å². The summed E-state index contributed by atoms with van der Waals surface area (Å²) in [4.78, 5) is 39.0. The summed E-state index contributed by atoms with van der Waals surface area (Å²) in [5.74, 6) is 0.810. The van der Waals surface area contributed by atoms with Crippen molar-refractivity contribution in [2.24, 2.45) is 0 Å². The predicted octanol–water partition coefficient (Wildman–Crippen LogP) is -1.21. The summed E-state index contributed by atoms with van der Waals surface area (Å²) >= 11 is 0. The zero-order valence-corrected chi connectivity index (χ0v) is 16.0. The van der Waals surface area contributed by atoms with Crippen LogP contribution in [0.15, 0.2) is 24.3 Å². The number of rotatable bonds is 5. The molecule has 28 heavy (non-hydrogen) atoms. The molecule has 2 aliphatic heterocycles. The van der Waals surface area contributed by atoms with Gasteiger partial charge >= 0.3 is 6.03 Å².